The van der Waals surface area contributed by atoms with E-state index in [1.54, 1.807) is 0 Å². The molecule has 0 amide bonds. The average Bonchev–Trinajstić information content (AvgIpc) is 2.90. The molecular weight excluding hydrogens is 226 g/mol. The van der Waals surface area contributed by atoms with Crippen molar-refractivity contribution in [2.75, 3.05) is 6.79 Å². The molecule has 1 aliphatic heterocycles. The lowest BCUT2D eigenvalue weighted by Crippen LogP contribution is -2.17. The normalized spacial score (nSPS) is 27.9. The van der Waals surface area contributed by atoms with Gasteiger partial charge in [-0.3, -0.25) is 0 Å². The Morgan fingerprint density at radius 3 is 2.94 bits per heavy atom. The molecule has 0 aromatic heterocycles. The summed E-state index contributed by atoms with van der Waals surface area (Å²) in [5.74, 6) is 2.55. The number of hydrogen-bond donors (Lipinski definition) is 1. The van der Waals surface area contributed by atoms with Crippen molar-refractivity contribution in [1.82, 2.24) is 0 Å². The van der Waals surface area contributed by atoms with E-state index in [1.165, 1.54) is 5.56 Å². The second-order valence-corrected chi connectivity index (χ2v) is 5.01. The molecule has 2 N–H and O–H groups in total. The largest absolute Gasteiger partial charge is 0.454 e. The Morgan fingerprint density at radius 2 is 2.25 bits per heavy atom. The third kappa shape index (κ3) is 1.55. The molecule has 1 saturated carbocycles. The van der Waals surface area contributed by atoms with Crippen LogP contribution in [-0.2, 0) is 0 Å². The van der Waals surface area contributed by atoms with E-state index in [9.17, 15) is 0 Å². The molecule has 1 aromatic carbocycles. The standard InChI is InChI=1S/C12H14ClNO2/c1-6(14)8-4-9(8)7-2-10(13)12-11(3-7)15-5-16-12/h2-3,6,8-9H,4-5,14H2,1H3. The molecule has 0 saturated heterocycles. The molecule has 1 heterocycles. The summed E-state index contributed by atoms with van der Waals surface area (Å²) in [6.45, 7) is 2.32. The molecule has 4 heteroatoms. The number of halogens is 1. The van der Waals surface area contributed by atoms with Crippen molar-refractivity contribution < 1.29 is 9.47 Å². The van der Waals surface area contributed by atoms with Gasteiger partial charge >= 0.3 is 0 Å². The Balaban J connectivity index is 1.90. The Hall–Kier alpha value is -0.930. The van der Waals surface area contributed by atoms with E-state index in [-0.39, 0.29) is 12.8 Å². The Morgan fingerprint density at radius 1 is 1.44 bits per heavy atom. The predicted molar refractivity (Wildman–Crippen MR) is 62.1 cm³/mol. The number of benzene rings is 1. The number of fused-ring (bicyclic) bond motifs is 1. The van der Waals surface area contributed by atoms with Crippen LogP contribution in [0.4, 0.5) is 0 Å². The SMILES string of the molecule is CC(N)C1CC1c1cc(Cl)c2c(c1)OCO2. The summed E-state index contributed by atoms with van der Waals surface area (Å²) >= 11 is 6.14. The van der Waals surface area contributed by atoms with Gasteiger partial charge in [0.25, 0.3) is 0 Å². The van der Waals surface area contributed by atoms with Crippen LogP contribution in [0.3, 0.4) is 0 Å². The fourth-order valence-electron chi connectivity index (χ4n) is 2.38. The Kier molecular flexibility index (Phi) is 2.26. The zero-order valence-corrected chi connectivity index (χ0v) is 9.83. The first-order valence-corrected chi connectivity index (χ1v) is 5.89. The third-order valence-corrected chi connectivity index (χ3v) is 3.67. The van der Waals surface area contributed by atoms with Crippen LogP contribution in [0.15, 0.2) is 12.1 Å². The fraction of sp³-hybridized carbons (Fsp3) is 0.500. The van der Waals surface area contributed by atoms with Gasteiger partial charge in [-0.1, -0.05) is 11.6 Å². The second-order valence-electron chi connectivity index (χ2n) is 4.60. The van der Waals surface area contributed by atoms with Crippen molar-refractivity contribution in [3.63, 3.8) is 0 Å². The van der Waals surface area contributed by atoms with Crippen molar-refractivity contribution in [3.05, 3.63) is 22.7 Å². The van der Waals surface area contributed by atoms with E-state index in [1.807, 2.05) is 12.1 Å². The molecule has 3 rings (SSSR count). The van der Waals surface area contributed by atoms with Crippen molar-refractivity contribution in [2.24, 2.45) is 11.7 Å². The highest BCUT2D eigenvalue weighted by atomic mass is 35.5. The van der Waals surface area contributed by atoms with Crippen LogP contribution in [0.25, 0.3) is 0 Å². The highest BCUT2D eigenvalue weighted by Crippen LogP contribution is 2.52. The van der Waals surface area contributed by atoms with Gasteiger partial charge in [0.1, 0.15) is 0 Å². The number of hydrogen-bond acceptors (Lipinski definition) is 3. The van der Waals surface area contributed by atoms with Gasteiger partial charge in [0.2, 0.25) is 6.79 Å². The summed E-state index contributed by atoms with van der Waals surface area (Å²) in [7, 11) is 0. The van der Waals surface area contributed by atoms with Gasteiger partial charge in [-0.05, 0) is 42.9 Å². The van der Waals surface area contributed by atoms with Gasteiger partial charge in [-0.25, -0.2) is 0 Å². The van der Waals surface area contributed by atoms with Gasteiger partial charge in [-0.15, -0.1) is 0 Å². The minimum Gasteiger partial charge on any atom is -0.454 e. The Bertz CT molecular complexity index is 433. The molecular formula is C12H14ClNO2. The minimum atomic E-state index is 0.245. The first-order valence-electron chi connectivity index (χ1n) is 5.51. The quantitative estimate of drug-likeness (QED) is 0.863. The third-order valence-electron chi connectivity index (χ3n) is 3.39. The highest BCUT2D eigenvalue weighted by Gasteiger charge is 2.41. The van der Waals surface area contributed by atoms with Crippen LogP contribution in [0.1, 0.15) is 24.8 Å². The second kappa shape index (κ2) is 3.54. The summed E-state index contributed by atoms with van der Waals surface area (Å²) in [6, 6.07) is 4.25. The van der Waals surface area contributed by atoms with Crippen LogP contribution in [0, 0.1) is 5.92 Å². The molecule has 3 nitrogen and oxygen atoms in total. The molecule has 2 aliphatic rings. The monoisotopic (exact) mass is 239 g/mol. The van der Waals surface area contributed by atoms with Gasteiger partial charge < -0.3 is 15.2 Å². The van der Waals surface area contributed by atoms with E-state index < -0.39 is 0 Å². The van der Waals surface area contributed by atoms with Crippen LogP contribution < -0.4 is 15.2 Å². The lowest BCUT2D eigenvalue weighted by molar-refractivity contribution is 0.174. The van der Waals surface area contributed by atoms with E-state index in [0.717, 1.165) is 12.2 Å². The topological polar surface area (TPSA) is 44.5 Å². The van der Waals surface area contributed by atoms with Crippen LogP contribution in [-0.4, -0.2) is 12.8 Å². The molecule has 0 spiro atoms. The average molecular weight is 240 g/mol. The van der Waals surface area contributed by atoms with Gasteiger partial charge in [0.05, 0.1) is 5.02 Å². The van der Waals surface area contributed by atoms with Crippen LogP contribution in [0.2, 0.25) is 5.02 Å². The summed E-state index contributed by atoms with van der Waals surface area (Å²) in [6.07, 6.45) is 1.15. The molecule has 0 radical (unpaired) electrons. The first kappa shape index (κ1) is 10.2. The molecule has 86 valence electrons. The maximum Gasteiger partial charge on any atom is 0.231 e. The molecule has 1 aromatic rings. The van der Waals surface area contributed by atoms with Crippen molar-refractivity contribution in [1.29, 1.82) is 0 Å². The zero-order valence-electron chi connectivity index (χ0n) is 9.07. The smallest absolute Gasteiger partial charge is 0.231 e. The molecule has 1 fully saturated rings. The lowest BCUT2D eigenvalue weighted by atomic mass is 10.1. The van der Waals surface area contributed by atoms with Gasteiger partial charge in [0, 0.05) is 6.04 Å². The minimum absolute atomic E-state index is 0.245. The lowest BCUT2D eigenvalue weighted by Gasteiger charge is -2.06. The van der Waals surface area contributed by atoms with E-state index in [0.29, 0.717) is 22.6 Å². The summed E-state index contributed by atoms with van der Waals surface area (Å²) < 4.78 is 10.6. The van der Waals surface area contributed by atoms with E-state index in [2.05, 4.69) is 6.92 Å². The maximum atomic E-state index is 6.14. The molecule has 3 atom stereocenters. The summed E-state index contributed by atoms with van der Waals surface area (Å²) in [5, 5.41) is 0.639. The van der Waals surface area contributed by atoms with Crippen LogP contribution >= 0.6 is 11.6 Å². The molecule has 3 unspecified atom stereocenters. The molecule has 0 bridgehead atoms. The fourth-order valence-corrected chi connectivity index (χ4v) is 2.65. The van der Waals surface area contributed by atoms with Gasteiger partial charge in [-0.2, -0.15) is 0 Å². The van der Waals surface area contributed by atoms with Crippen LogP contribution in [0.5, 0.6) is 11.5 Å². The highest BCUT2D eigenvalue weighted by molar-refractivity contribution is 6.32. The Labute approximate surface area is 99.5 Å². The summed E-state index contributed by atoms with van der Waals surface area (Å²) in [5.41, 5.74) is 7.11. The summed E-state index contributed by atoms with van der Waals surface area (Å²) in [4.78, 5) is 0. The first-order chi connectivity index (χ1) is 7.66. The van der Waals surface area contributed by atoms with Crippen molar-refractivity contribution in [2.45, 2.75) is 25.3 Å². The predicted octanol–water partition coefficient (Wildman–Crippen LogP) is 2.52. The van der Waals surface area contributed by atoms with E-state index in [4.69, 9.17) is 26.8 Å². The number of ether oxygens (including phenoxy) is 2. The van der Waals surface area contributed by atoms with Crippen molar-refractivity contribution in [3.8, 4) is 11.5 Å². The zero-order chi connectivity index (χ0) is 11.3. The van der Waals surface area contributed by atoms with E-state index >= 15 is 0 Å². The molecule has 1 aliphatic carbocycles. The van der Waals surface area contributed by atoms with Crippen molar-refractivity contribution >= 4 is 11.6 Å². The number of rotatable bonds is 2. The molecule has 16 heavy (non-hydrogen) atoms. The maximum absolute atomic E-state index is 6.14. The number of nitrogens with two attached hydrogens (primary N) is 1. The van der Waals surface area contributed by atoms with Gasteiger partial charge in [0.15, 0.2) is 11.5 Å².